The quantitative estimate of drug-likeness (QED) is 0.906. The van der Waals surface area contributed by atoms with Crippen LogP contribution in [0, 0.1) is 0 Å². The topological polar surface area (TPSA) is 41.1 Å². The number of thioether (sulfide) groups is 1. The molecule has 1 saturated heterocycles. The van der Waals surface area contributed by atoms with Crippen LogP contribution in [0.1, 0.15) is 35.8 Å². The molecule has 2 aromatic rings. The Kier molecular flexibility index (Phi) is 4.80. The van der Waals surface area contributed by atoms with Crippen molar-refractivity contribution in [3.05, 3.63) is 71.8 Å². The smallest absolute Gasteiger partial charge is 0.223 e. The van der Waals surface area contributed by atoms with Crippen LogP contribution in [0.5, 0.6) is 0 Å². The van der Waals surface area contributed by atoms with E-state index in [-0.39, 0.29) is 17.4 Å². The molecule has 3 atom stereocenters. The molecule has 3 rings (SSSR count). The Labute approximate surface area is 135 Å². The third-order valence-corrected chi connectivity index (χ3v) is 5.05. The van der Waals surface area contributed by atoms with Crippen molar-refractivity contribution < 1.29 is 4.79 Å². The fourth-order valence-corrected chi connectivity index (χ4v) is 3.82. The molecule has 0 aliphatic carbocycles. The Hall–Kier alpha value is -1.78. The number of hydrogen-bond acceptors (Lipinski definition) is 3. The fraction of sp³-hybridized carbons (Fsp3) is 0.278. The van der Waals surface area contributed by atoms with Crippen LogP contribution >= 0.6 is 11.8 Å². The minimum Gasteiger partial charge on any atom is -0.332 e. The van der Waals surface area contributed by atoms with Gasteiger partial charge in [0.05, 0.1) is 0 Å². The molecule has 114 valence electrons. The molecule has 1 aliphatic rings. The van der Waals surface area contributed by atoms with Crippen molar-refractivity contribution in [3.8, 4) is 0 Å². The minimum absolute atomic E-state index is 0.0679. The lowest BCUT2D eigenvalue weighted by atomic mass is 10.0. The average molecular weight is 312 g/mol. The van der Waals surface area contributed by atoms with Gasteiger partial charge in [-0.25, -0.2) is 0 Å². The Morgan fingerprint density at radius 2 is 1.68 bits per heavy atom. The van der Waals surface area contributed by atoms with E-state index in [0.29, 0.717) is 11.7 Å². The maximum Gasteiger partial charge on any atom is 0.223 e. The zero-order valence-electron chi connectivity index (χ0n) is 12.5. The van der Waals surface area contributed by atoms with Crippen LogP contribution in [0.2, 0.25) is 0 Å². The first-order chi connectivity index (χ1) is 10.7. The van der Waals surface area contributed by atoms with Gasteiger partial charge in [0.25, 0.3) is 0 Å². The van der Waals surface area contributed by atoms with Crippen molar-refractivity contribution in [2.45, 2.75) is 30.1 Å². The van der Waals surface area contributed by atoms with Crippen LogP contribution in [-0.2, 0) is 4.79 Å². The van der Waals surface area contributed by atoms with Gasteiger partial charge in [0.1, 0.15) is 5.50 Å². The van der Waals surface area contributed by atoms with E-state index in [1.807, 2.05) is 36.4 Å². The standard InChI is InChI=1S/C18H20N2OS/c1-13(14-8-4-2-5-9-14)22-18-19-16(12-17(21)20-18)15-10-6-3-7-11-15/h2-11,13,16,18-19H,12H2,1H3,(H,20,21). The van der Waals surface area contributed by atoms with E-state index in [2.05, 4.69) is 41.8 Å². The molecule has 0 saturated carbocycles. The van der Waals surface area contributed by atoms with Gasteiger partial charge in [-0.05, 0) is 18.1 Å². The predicted molar refractivity (Wildman–Crippen MR) is 91.3 cm³/mol. The summed E-state index contributed by atoms with van der Waals surface area (Å²) in [5, 5.41) is 6.87. The Morgan fingerprint density at radius 1 is 1.05 bits per heavy atom. The van der Waals surface area contributed by atoms with Crippen molar-refractivity contribution in [2.75, 3.05) is 0 Å². The maximum atomic E-state index is 12.0. The lowest BCUT2D eigenvalue weighted by Gasteiger charge is -2.33. The molecule has 22 heavy (non-hydrogen) atoms. The van der Waals surface area contributed by atoms with Crippen molar-refractivity contribution >= 4 is 17.7 Å². The maximum absolute atomic E-state index is 12.0. The van der Waals surface area contributed by atoms with E-state index in [1.54, 1.807) is 11.8 Å². The zero-order valence-corrected chi connectivity index (χ0v) is 13.3. The van der Waals surface area contributed by atoms with Gasteiger partial charge in [0.15, 0.2) is 0 Å². The molecule has 2 aromatic carbocycles. The summed E-state index contributed by atoms with van der Waals surface area (Å²) in [6.45, 7) is 2.17. The van der Waals surface area contributed by atoms with Gasteiger partial charge in [-0.3, -0.25) is 10.1 Å². The molecule has 1 heterocycles. The summed E-state index contributed by atoms with van der Waals surface area (Å²) < 4.78 is 0. The summed E-state index contributed by atoms with van der Waals surface area (Å²) in [6, 6.07) is 20.6. The Morgan fingerprint density at radius 3 is 2.36 bits per heavy atom. The average Bonchev–Trinajstić information content (AvgIpc) is 2.56. The van der Waals surface area contributed by atoms with Crippen LogP contribution in [0.3, 0.4) is 0 Å². The molecule has 4 heteroatoms. The molecule has 1 amide bonds. The molecule has 0 spiro atoms. The number of benzene rings is 2. The third kappa shape index (κ3) is 3.70. The van der Waals surface area contributed by atoms with Crippen LogP contribution in [-0.4, -0.2) is 11.4 Å². The van der Waals surface area contributed by atoms with Gasteiger partial charge in [0.2, 0.25) is 5.91 Å². The molecule has 3 nitrogen and oxygen atoms in total. The number of amides is 1. The highest BCUT2D eigenvalue weighted by atomic mass is 32.2. The highest BCUT2D eigenvalue weighted by molar-refractivity contribution is 8.00. The second-order valence-electron chi connectivity index (χ2n) is 5.47. The third-order valence-electron chi connectivity index (χ3n) is 3.85. The fourth-order valence-electron chi connectivity index (χ4n) is 2.65. The number of hydrogen-bond donors (Lipinski definition) is 2. The zero-order chi connectivity index (χ0) is 15.4. The van der Waals surface area contributed by atoms with Crippen LogP contribution in [0.15, 0.2) is 60.7 Å². The molecule has 2 N–H and O–H groups in total. The second-order valence-corrected chi connectivity index (χ2v) is 6.92. The van der Waals surface area contributed by atoms with Crippen molar-refractivity contribution in [3.63, 3.8) is 0 Å². The molecular weight excluding hydrogens is 292 g/mol. The van der Waals surface area contributed by atoms with Gasteiger partial charge in [-0.15, -0.1) is 11.8 Å². The first kappa shape index (κ1) is 15.1. The summed E-state index contributed by atoms with van der Waals surface area (Å²) in [5.74, 6) is 0.102. The summed E-state index contributed by atoms with van der Waals surface area (Å²) in [4.78, 5) is 12.0. The van der Waals surface area contributed by atoms with Crippen LogP contribution in [0.25, 0.3) is 0 Å². The van der Waals surface area contributed by atoms with Gasteiger partial charge in [0, 0.05) is 17.7 Å². The number of rotatable bonds is 4. The van der Waals surface area contributed by atoms with Gasteiger partial charge in [-0.2, -0.15) is 0 Å². The van der Waals surface area contributed by atoms with Gasteiger partial charge in [-0.1, -0.05) is 60.7 Å². The molecule has 1 fully saturated rings. The van der Waals surface area contributed by atoms with Crippen molar-refractivity contribution in [1.82, 2.24) is 10.6 Å². The highest BCUT2D eigenvalue weighted by Crippen LogP contribution is 2.32. The van der Waals surface area contributed by atoms with Crippen LogP contribution in [0.4, 0.5) is 0 Å². The van der Waals surface area contributed by atoms with E-state index in [0.717, 1.165) is 5.56 Å². The van der Waals surface area contributed by atoms with Gasteiger partial charge < -0.3 is 5.32 Å². The molecule has 0 bridgehead atoms. The predicted octanol–water partition coefficient (Wildman–Crippen LogP) is 3.62. The molecule has 0 radical (unpaired) electrons. The lowest BCUT2D eigenvalue weighted by Crippen LogP contribution is -2.51. The molecule has 1 aliphatic heterocycles. The SMILES string of the molecule is CC(SC1NC(=O)CC(c2ccccc2)N1)c1ccccc1. The Bertz CT molecular complexity index is 615. The lowest BCUT2D eigenvalue weighted by molar-refractivity contribution is -0.123. The highest BCUT2D eigenvalue weighted by Gasteiger charge is 2.28. The van der Waals surface area contributed by atoms with E-state index < -0.39 is 0 Å². The van der Waals surface area contributed by atoms with Crippen molar-refractivity contribution in [1.29, 1.82) is 0 Å². The minimum atomic E-state index is -0.0679. The van der Waals surface area contributed by atoms with Gasteiger partial charge >= 0.3 is 0 Å². The van der Waals surface area contributed by atoms with E-state index in [4.69, 9.17) is 0 Å². The van der Waals surface area contributed by atoms with Crippen molar-refractivity contribution in [2.24, 2.45) is 0 Å². The Balaban J connectivity index is 1.68. The number of carbonyl (C=O) groups excluding carboxylic acids is 1. The first-order valence-corrected chi connectivity index (χ1v) is 8.47. The summed E-state index contributed by atoms with van der Waals surface area (Å²) in [6.07, 6.45) is 0.487. The first-order valence-electron chi connectivity index (χ1n) is 7.53. The monoisotopic (exact) mass is 312 g/mol. The largest absolute Gasteiger partial charge is 0.332 e. The van der Waals surface area contributed by atoms with E-state index >= 15 is 0 Å². The normalized spacial score (nSPS) is 22.9. The molecule has 3 unspecified atom stereocenters. The summed E-state index contributed by atoms with van der Waals surface area (Å²) in [5.41, 5.74) is 2.36. The number of nitrogens with one attached hydrogen (secondary N) is 2. The molecule has 0 aromatic heterocycles. The van der Waals surface area contributed by atoms with E-state index in [1.165, 1.54) is 5.56 Å². The second kappa shape index (κ2) is 6.99. The number of carbonyl (C=O) groups is 1. The van der Waals surface area contributed by atoms with E-state index in [9.17, 15) is 4.79 Å². The molecular formula is C18H20N2OS. The summed E-state index contributed by atoms with van der Waals surface area (Å²) in [7, 11) is 0. The van der Waals surface area contributed by atoms with Crippen LogP contribution < -0.4 is 10.6 Å². The summed E-state index contributed by atoms with van der Waals surface area (Å²) >= 11 is 1.73.